The van der Waals surface area contributed by atoms with Crippen LogP contribution in [0.25, 0.3) is 0 Å². The summed E-state index contributed by atoms with van der Waals surface area (Å²) in [6.07, 6.45) is 12.3. The third-order valence-corrected chi connectivity index (χ3v) is 12.6. The molecule has 0 radical (unpaired) electrons. The molecule has 4 rings (SSSR count). The van der Waals surface area contributed by atoms with Crippen molar-refractivity contribution in [3.63, 3.8) is 0 Å². The van der Waals surface area contributed by atoms with Gasteiger partial charge in [0.15, 0.2) is 0 Å². The van der Waals surface area contributed by atoms with Gasteiger partial charge in [0, 0.05) is 29.7 Å². The maximum Gasteiger partial charge on any atom is 0.222 e. The van der Waals surface area contributed by atoms with Gasteiger partial charge in [-0.25, -0.2) is 0 Å². The Bertz CT molecular complexity index is 1260. The molecule has 236 valence electrons. The van der Waals surface area contributed by atoms with E-state index < -0.39 is 0 Å². The van der Waals surface area contributed by atoms with Crippen LogP contribution in [0, 0.1) is 40.4 Å². The molecule has 5 atom stereocenters. The van der Waals surface area contributed by atoms with Gasteiger partial charge < -0.3 is 13.7 Å². The van der Waals surface area contributed by atoms with Crippen molar-refractivity contribution in [1.29, 1.82) is 0 Å². The Hall–Kier alpha value is -1.98. The molecule has 2 aromatic rings. The van der Waals surface area contributed by atoms with Gasteiger partial charge in [0.2, 0.25) is 11.8 Å². The molecule has 0 saturated heterocycles. The molecule has 0 aliphatic heterocycles. The van der Waals surface area contributed by atoms with E-state index >= 15 is 0 Å². The maximum absolute atomic E-state index is 13.0. The van der Waals surface area contributed by atoms with Gasteiger partial charge in [0.05, 0.1) is 6.20 Å². The van der Waals surface area contributed by atoms with Crippen molar-refractivity contribution < 1.29 is 13.7 Å². The zero-order valence-electron chi connectivity index (χ0n) is 28.9. The minimum atomic E-state index is -0.193. The second-order valence-electron chi connectivity index (χ2n) is 17.0. The highest BCUT2D eigenvalue weighted by atomic mass is 16.5. The fourth-order valence-corrected chi connectivity index (χ4v) is 9.56. The van der Waals surface area contributed by atoms with Crippen LogP contribution in [-0.4, -0.2) is 21.1 Å². The predicted molar refractivity (Wildman–Crippen MR) is 168 cm³/mol. The van der Waals surface area contributed by atoms with E-state index in [0.717, 1.165) is 56.6 Å². The second kappa shape index (κ2) is 11.2. The van der Waals surface area contributed by atoms with Crippen LogP contribution in [-0.2, 0) is 22.0 Å². The SMILES string of the molecule is CCCC(C)(C)CC[C@@](C)(CCC(C)(C)[C@]1(C)CC[C@H]2C(C)(C)c3oncc3C[C@]2(C)[C@H]1CC(C)=O)c1nnc(C)o1. The Labute approximate surface area is 255 Å². The van der Waals surface area contributed by atoms with E-state index in [0.29, 0.717) is 24.0 Å². The molecule has 0 aromatic carbocycles. The molecular weight excluding hydrogens is 522 g/mol. The van der Waals surface area contributed by atoms with Crippen LogP contribution in [0.3, 0.4) is 0 Å². The smallest absolute Gasteiger partial charge is 0.222 e. The fraction of sp³-hybridized carbons (Fsp3) is 0.833. The number of carbonyl (C=O) groups is 1. The van der Waals surface area contributed by atoms with Gasteiger partial charge in [0.1, 0.15) is 11.5 Å². The van der Waals surface area contributed by atoms with E-state index in [-0.39, 0.29) is 38.4 Å². The molecular formula is C36H59N3O3. The van der Waals surface area contributed by atoms with E-state index in [4.69, 9.17) is 8.94 Å². The summed E-state index contributed by atoms with van der Waals surface area (Å²) in [5, 5.41) is 13.0. The molecule has 0 unspecified atom stereocenters. The summed E-state index contributed by atoms with van der Waals surface area (Å²) in [4.78, 5) is 13.0. The second-order valence-corrected chi connectivity index (χ2v) is 17.0. The molecule has 1 saturated carbocycles. The van der Waals surface area contributed by atoms with Crippen molar-refractivity contribution in [2.24, 2.45) is 33.5 Å². The Balaban J connectivity index is 1.67. The van der Waals surface area contributed by atoms with Crippen molar-refractivity contribution in [3.05, 3.63) is 29.3 Å². The van der Waals surface area contributed by atoms with Crippen molar-refractivity contribution in [2.75, 3.05) is 0 Å². The molecule has 6 nitrogen and oxygen atoms in total. The first-order chi connectivity index (χ1) is 19.3. The third-order valence-electron chi connectivity index (χ3n) is 12.6. The topological polar surface area (TPSA) is 82.0 Å². The highest BCUT2D eigenvalue weighted by Gasteiger charge is 2.63. The molecule has 0 bridgehead atoms. The molecule has 0 spiro atoms. The summed E-state index contributed by atoms with van der Waals surface area (Å²) in [5.41, 5.74) is 1.16. The van der Waals surface area contributed by atoms with Gasteiger partial charge in [-0.2, -0.15) is 0 Å². The Morgan fingerprint density at radius 3 is 2.26 bits per heavy atom. The van der Waals surface area contributed by atoms with Crippen molar-refractivity contribution in [3.8, 4) is 0 Å². The number of fused-ring (bicyclic) bond motifs is 2. The highest BCUT2D eigenvalue weighted by molar-refractivity contribution is 5.76. The molecule has 2 aliphatic rings. The monoisotopic (exact) mass is 581 g/mol. The van der Waals surface area contributed by atoms with Crippen molar-refractivity contribution in [2.45, 2.75) is 158 Å². The molecule has 42 heavy (non-hydrogen) atoms. The third kappa shape index (κ3) is 5.77. The number of ketones is 1. The van der Waals surface area contributed by atoms with E-state index in [1.165, 1.54) is 18.4 Å². The van der Waals surface area contributed by atoms with Gasteiger partial charge in [-0.1, -0.05) is 80.8 Å². The number of aromatic nitrogens is 3. The Kier molecular flexibility index (Phi) is 8.77. The minimum absolute atomic E-state index is 0.00454. The number of aryl methyl sites for hydroxylation is 1. The molecule has 0 amide bonds. The zero-order chi connectivity index (χ0) is 31.4. The van der Waals surface area contributed by atoms with E-state index in [1.807, 2.05) is 13.1 Å². The van der Waals surface area contributed by atoms with Gasteiger partial charge in [-0.15, -0.1) is 10.2 Å². The summed E-state index contributed by atoms with van der Waals surface area (Å²) < 4.78 is 12.0. The lowest BCUT2D eigenvalue weighted by molar-refractivity contribution is -0.154. The molecule has 1 fully saturated rings. The number of carbonyl (C=O) groups excluding carboxylic acids is 1. The molecule has 0 N–H and O–H groups in total. The van der Waals surface area contributed by atoms with Crippen LogP contribution in [0.5, 0.6) is 0 Å². The normalized spacial score (nSPS) is 29.0. The predicted octanol–water partition coefficient (Wildman–Crippen LogP) is 9.59. The van der Waals surface area contributed by atoms with Crippen molar-refractivity contribution in [1.82, 2.24) is 15.4 Å². The number of Topliss-reactive ketones (excluding diaryl/α,β-unsaturated/α-hetero) is 1. The largest absolute Gasteiger partial charge is 0.425 e. The van der Waals surface area contributed by atoms with Gasteiger partial charge >= 0.3 is 0 Å². The minimum Gasteiger partial charge on any atom is -0.425 e. The number of rotatable bonds is 12. The van der Waals surface area contributed by atoms with Crippen LogP contribution in [0.15, 0.2) is 15.1 Å². The standard InChI is InChI=1S/C36H59N3O3/c1-13-15-31(4,5)17-19-34(10,30-39-38-25(3)41-30)20-18-32(6,7)36(12)16-14-27-33(8,9)29-26(23-37-42-29)22-35(27,11)28(36)21-24(2)40/h23,27-28H,13-22H2,1-12H3/t27-,28+,34-,35-,36+/m0/s1. The first-order valence-corrected chi connectivity index (χ1v) is 16.6. The van der Waals surface area contributed by atoms with Crippen LogP contribution in [0.2, 0.25) is 0 Å². The van der Waals surface area contributed by atoms with E-state index in [1.54, 1.807) is 6.92 Å². The van der Waals surface area contributed by atoms with Crippen LogP contribution < -0.4 is 0 Å². The fourth-order valence-electron chi connectivity index (χ4n) is 9.56. The summed E-state index contributed by atoms with van der Waals surface area (Å²) in [6.45, 7) is 27.6. The highest BCUT2D eigenvalue weighted by Crippen LogP contribution is 2.68. The summed E-state index contributed by atoms with van der Waals surface area (Å²) in [5.74, 6) is 3.45. The maximum atomic E-state index is 13.0. The first kappa shape index (κ1) is 32.9. The lowest BCUT2D eigenvalue weighted by Crippen LogP contribution is -2.60. The molecule has 2 aromatic heterocycles. The van der Waals surface area contributed by atoms with Gasteiger partial charge in [-0.3, -0.25) is 0 Å². The molecule has 2 heterocycles. The lowest BCUT2D eigenvalue weighted by Gasteiger charge is -2.65. The number of nitrogens with zero attached hydrogens (tertiary/aromatic N) is 3. The molecule has 2 aliphatic carbocycles. The Morgan fingerprint density at radius 1 is 1.00 bits per heavy atom. The van der Waals surface area contributed by atoms with E-state index in [2.05, 4.69) is 84.6 Å². The van der Waals surface area contributed by atoms with Gasteiger partial charge in [0.25, 0.3) is 0 Å². The van der Waals surface area contributed by atoms with Gasteiger partial charge in [-0.05, 0) is 91.8 Å². The average molecular weight is 582 g/mol. The quantitative estimate of drug-likeness (QED) is 0.248. The van der Waals surface area contributed by atoms with Crippen LogP contribution in [0.1, 0.15) is 157 Å². The van der Waals surface area contributed by atoms with E-state index in [9.17, 15) is 4.79 Å². The summed E-state index contributed by atoms with van der Waals surface area (Å²) in [7, 11) is 0. The Morgan fingerprint density at radius 2 is 1.67 bits per heavy atom. The first-order valence-electron chi connectivity index (χ1n) is 16.6. The summed E-state index contributed by atoms with van der Waals surface area (Å²) in [6, 6.07) is 0. The number of hydrogen-bond acceptors (Lipinski definition) is 6. The number of hydrogen-bond donors (Lipinski definition) is 0. The van der Waals surface area contributed by atoms with Crippen LogP contribution >= 0.6 is 0 Å². The summed E-state index contributed by atoms with van der Waals surface area (Å²) >= 11 is 0. The van der Waals surface area contributed by atoms with Crippen molar-refractivity contribution >= 4 is 5.78 Å². The average Bonchev–Trinajstić information content (AvgIpc) is 3.53. The zero-order valence-corrected chi connectivity index (χ0v) is 28.9. The lowest BCUT2D eigenvalue weighted by atomic mass is 9.39. The molecule has 6 heteroatoms. The van der Waals surface area contributed by atoms with Crippen LogP contribution in [0.4, 0.5) is 0 Å².